The topological polar surface area (TPSA) is 79.8 Å². The van der Waals surface area contributed by atoms with Gasteiger partial charge in [-0.2, -0.15) is 0 Å². The van der Waals surface area contributed by atoms with Crippen molar-refractivity contribution in [3.8, 4) is 0 Å². The van der Waals surface area contributed by atoms with E-state index in [0.29, 0.717) is 25.7 Å². The molecule has 0 fully saturated rings. The fourth-order valence-corrected chi connectivity index (χ4v) is 3.58. The smallest absolute Gasteiger partial charge is 0.191 e. The second kappa shape index (κ2) is 10.6. The maximum absolute atomic E-state index is 13.6. The van der Waals surface area contributed by atoms with Crippen LogP contribution in [0.3, 0.4) is 0 Å². The number of aliphatic imine (C=N–C) groups is 1. The van der Waals surface area contributed by atoms with E-state index in [0.717, 1.165) is 11.6 Å². The molecule has 0 bridgehead atoms. The average Bonchev–Trinajstić information content (AvgIpc) is 2.67. The van der Waals surface area contributed by atoms with Crippen LogP contribution in [0.15, 0.2) is 64.5 Å². The number of nitrogens with one attached hydrogen (secondary N) is 2. The molecule has 0 heterocycles. The van der Waals surface area contributed by atoms with Gasteiger partial charge in [0.05, 0.1) is 19.0 Å². The number of hydrogen-bond donors (Lipinski definition) is 2. The Hall–Kier alpha value is -2.45. The highest BCUT2D eigenvalue weighted by Crippen LogP contribution is 2.14. The summed E-state index contributed by atoms with van der Waals surface area (Å²) in [6.45, 7) is 1.63. The largest absolute Gasteiger partial charge is 0.375 e. The molecule has 0 atom stereocenters. The van der Waals surface area contributed by atoms with Gasteiger partial charge in [-0.25, -0.2) is 12.8 Å². The van der Waals surface area contributed by atoms with Crippen LogP contribution in [0.2, 0.25) is 0 Å². The quantitative estimate of drug-likeness (QED) is 0.387. The van der Waals surface area contributed by atoms with Crippen LogP contribution in [0, 0.1) is 5.82 Å². The van der Waals surface area contributed by atoms with E-state index >= 15 is 0 Å². The van der Waals surface area contributed by atoms with Gasteiger partial charge in [0.15, 0.2) is 15.8 Å². The number of nitrogens with zero attached hydrogens (tertiary/aromatic N) is 1. The Morgan fingerprint density at radius 1 is 1.04 bits per heavy atom. The van der Waals surface area contributed by atoms with Crippen LogP contribution in [0.25, 0.3) is 0 Å². The van der Waals surface area contributed by atoms with Crippen molar-refractivity contribution in [1.29, 1.82) is 0 Å². The van der Waals surface area contributed by atoms with Gasteiger partial charge in [-0.3, -0.25) is 4.99 Å². The van der Waals surface area contributed by atoms with Crippen molar-refractivity contribution >= 4 is 15.8 Å². The Kier molecular flexibility index (Phi) is 8.22. The van der Waals surface area contributed by atoms with Gasteiger partial charge in [-0.1, -0.05) is 42.5 Å². The Balaban J connectivity index is 1.69. The van der Waals surface area contributed by atoms with E-state index in [1.54, 1.807) is 7.05 Å². The summed E-state index contributed by atoms with van der Waals surface area (Å²) in [5.41, 5.74) is 1.10. The highest BCUT2D eigenvalue weighted by atomic mass is 32.2. The maximum Gasteiger partial charge on any atom is 0.191 e. The van der Waals surface area contributed by atoms with Gasteiger partial charge in [0.25, 0.3) is 0 Å². The number of sulfone groups is 1. The minimum Gasteiger partial charge on any atom is -0.375 e. The minimum absolute atomic E-state index is 0.112. The standard InChI is InChI=1S/C19H24FN3O3S/c1-21-19(22-11-13-26-15-16-7-3-2-4-8-16)23-12-14-27(24,25)18-10-6-5-9-17(18)20/h2-10H,11-15H2,1H3,(H2,21,22,23). The van der Waals surface area contributed by atoms with Crippen LogP contribution in [0.5, 0.6) is 0 Å². The Bertz CT molecular complexity index is 842. The molecular weight excluding hydrogens is 369 g/mol. The lowest BCUT2D eigenvalue weighted by Crippen LogP contribution is -2.41. The van der Waals surface area contributed by atoms with Gasteiger partial charge >= 0.3 is 0 Å². The van der Waals surface area contributed by atoms with Gasteiger partial charge < -0.3 is 15.4 Å². The Labute approximate surface area is 159 Å². The molecule has 8 heteroatoms. The first-order valence-corrected chi connectivity index (χ1v) is 10.2. The lowest BCUT2D eigenvalue weighted by molar-refractivity contribution is 0.125. The van der Waals surface area contributed by atoms with E-state index in [1.807, 2.05) is 30.3 Å². The minimum atomic E-state index is -3.70. The van der Waals surface area contributed by atoms with Crippen LogP contribution in [-0.2, 0) is 21.2 Å². The summed E-state index contributed by atoms with van der Waals surface area (Å²) >= 11 is 0. The molecule has 0 aromatic heterocycles. The number of hydrogen-bond acceptors (Lipinski definition) is 4. The maximum atomic E-state index is 13.6. The fourth-order valence-electron chi connectivity index (χ4n) is 2.34. The SMILES string of the molecule is CN=C(NCCOCc1ccccc1)NCCS(=O)(=O)c1ccccc1F. The summed E-state index contributed by atoms with van der Waals surface area (Å²) < 4.78 is 43.6. The van der Waals surface area contributed by atoms with Crippen molar-refractivity contribution in [2.75, 3.05) is 32.5 Å². The van der Waals surface area contributed by atoms with Crippen LogP contribution < -0.4 is 10.6 Å². The van der Waals surface area contributed by atoms with E-state index in [9.17, 15) is 12.8 Å². The molecule has 0 aliphatic heterocycles. The molecule has 0 amide bonds. The number of ether oxygens (including phenoxy) is 1. The molecule has 27 heavy (non-hydrogen) atoms. The van der Waals surface area contributed by atoms with Crippen LogP contribution in [0.4, 0.5) is 4.39 Å². The molecule has 2 N–H and O–H groups in total. The van der Waals surface area contributed by atoms with Gasteiger partial charge in [0.1, 0.15) is 10.7 Å². The number of rotatable bonds is 9. The van der Waals surface area contributed by atoms with E-state index < -0.39 is 15.7 Å². The first-order chi connectivity index (χ1) is 13.0. The molecule has 0 saturated carbocycles. The van der Waals surface area contributed by atoms with Gasteiger partial charge in [-0.15, -0.1) is 0 Å². The zero-order chi connectivity index (χ0) is 19.5. The predicted molar refractivity (Wildman–Crippen MR) is 104 cm³/mol. The number of halogens is 1. The fraction of sp³-hybridized carbons (Fsp3) is 0.316. The molecule has 6 nitrogen and oxygen atoms in total. The molecule has 146 valence electrons. The van der Waals surface area contributed by atoms with Crippen molar-refractivity contribution in [1.82, 2.24) is 10.6 Å². The molecule has 0 unspecified atom stereocenters. The summed E-state index contributed by atoms with van der Waals surface area (Å²) in [6.07, 6.45) is 0. The van der Waals surface area contributed by atoms with Crippen molar-refractivity contribution in [3.05, 3.63) is 66.0 Å². The number of guanidine groups is 1. The second-order valence-electron chi connectivity index (χ2n) is 5.71. The van der Waals surface area contributed by atoms with Gasteiger partial charge in [-0.05, 0) is 17.7 Å². The lowest BCUT2D eigenvalue weighted by atomic mass is 10.2. The highest BCUT2D eigenvalue weighted by molar-refractivity contribution is 7.91. The Morgan fingerprint density at radius 2 is 1.70 bits per heavy atom. The van der Waals surface area contributed by atoms with Gasteiger partial charge in [0.2, 0.25) is 0 Å². The summed E-state index contributed by atoms with van der Waals surface area (Å²) in [5, 5.41) is 5.94. The van der Waals surface area contributed by atoms with Crippen LogP contribution in [0.1, 0.15) is 5.56 Å². The van der Waals surface area contributed by atoms with Crippen LogP contribution in [-0.4, -0.2) is 46.9 Å². The Morgan fingerprint density at radius 3 is 2.41 bits per heavy atom. The normalized spacial score (nSPS) is 12.0. The second-order valence-corrected chi connectivity index (χ2v) is 7.79. The monoisotopic (exact) mass is 393 g/mol. The van der Waals surface area contributed by atoms with Gasteiger partial charge in [0, 0.05) is 20.1 Å². The summed E-state index contributed by atoms with van der Waals surface area (Å²) in [6, 6.07) is 15.2. The van der Waals surface area contributed by atoms with Crippen molar-refractivity contribution in [2.24, 2.45) is 4.99 Å². The average molecular weight is 393 g/mol. The summed E-state index contributed by atoms with van der Waals surface area (Å²) in [4.78, 5) is 3.74. The molecule has 2 aromatic rings. The van der Waals surface area contributed by atoms with E-state index in [-0.39, 0.29) is 17.2 Å². The van der Waals surface area contributed by atoms with E-state index in [4.69, 9.17) is 4.74 Å². The summed E-state index contributed by atoms with van der Waals surface area (Å²) in [7, 11) is -2.11. The zero-order valence-corrected chi connectivity index (χ0v) is 16.0. The first-order valence-electron chi connectivity index (χ1n) is 8.56. The molecule has 2 aromatic carbocycles. The van der Waals surface area contributed by atoms with Crippen LogP contribution >= 0.6 is 0 Å². The first kappa shape index (κ1) is 20.9. The molecule has 0 aliphatic rings. The zero-order valence-electron chi connectivity index (χ0n) is 15.2. The lowest BCUT2D eigenvalue weighted by Gasteiger charge is -2.12. The molecular formula is C19H24FN3O3S. The summed E-state index contributed by atoms with van der Waals surface area (Å²) in [5.74, 6) is -0.517. The van der Waals surface area contributed by atoms with Crippen molar-refractivity contribution < 1.29 is 17.5 Å². The molecule has 0 saturated heterocycles. The number of benzene rings is 2. The van der Waals surface area contributed by atoms with E-state index in [1.165, 1.54) is 18.2 Å². The third-order valence-electron chi connectivity index (χ3n) is 3.71. The third kappa shape index (κ3) is 6.99. The molecule has 0 radical (unpaired) electrons. The predicted octanol–water partition coefficient (Wildman–Crippen LogP) is 1.98. The molecule has 0 spiro atoms. The molecule has 2 rings (SSSR count). The highest BCUT2D eigenvalue weighted by Gasteiger charge is 2.18. The van der Waals surface area contributed by atoms with Crippen molar-refractivity contribution in [2.45, 2.75) is 11.5 Å². The third-order valence-corrected chi connectivity index (χ3v) is 5.45. The van der Waals surface area contributed by atoms with E-state index in [2.05, 4.69) is 15.6 Å². The molecule has 0 aliphatic carbocycles. The van der Waals surface area contributed by atoms with Crippen molar-refractivity contribution in [3.63, 3.8) is 0 Å².